The Kier molecular flexibility index (Phi) is 11.7. The summed E-state index contributed by atoms with van der Waals surface area (Å²) in [6.45, 7) is 0. The molecule has 3 saturated carbocycles. The Labute approximate surface area is 350 Å². The first-order chi connectivity index (χ1) is 29.8. The van der Waals surface area contributed by atoms with Crippen LogP contribution in [0.5, 0.6) is 0 Å². The third-order valence-corrected chi connectivity index (χ3v) is 11.3. The number of rotatable bonds is 2. The Morgan fingerprint density at radius 3 is 0.394 bits per heavy atom. The highest BCUT2D eigenvalue weighted by atomic mass is 19.4. The van der Waals surface area contributed by atoms with Gasteiger partial charge in [0.1, 0.15) is 0 Å². The molecule has 0 amide bonds. The van der Waals surface area contributed by atoms with Crippen LogP contribution in [-0.4, -0.2) is 142 Å². The quantitative estimate of drug-likeness (QED) is 0.242. The Balaban J connectivity index is 3.65. The number of hydrogen-bond donors (Lipinski definition) is 0. The van der Waals surface area contributed by atoms with Gasteiger partial charge in [0.25, 0.3) is 17.0 Å². The van der Waals surface area contributed by atoms with Crippen LogP contribution in [0, 0.1) is 5.41 Å². The standard InChI is InChI=1S/C25F46/c26-2(6(31,32)12(43,44)18(55,56)13(45,46)7(2,33)34)1(3(27)8(35,36)14(47,48)19(57,58)23(65,66)24(67,68)20(59,60)15(49,50)9(3,37)38)4(28,25(69,70)71)10(39,40)16(51,52)21(61,62)22(63,64)17(53,54)11(41,42)5(1,29)30. The van der Waals surface area contributed by atoms with E-state index in [9.17, 15) is 110 Å². The lowest BCUT2D eigenvalue weighted by atomic mass is 9.41. The lowest BCUT2D eigenvalue weighted by Gasteiger charge is -2.68. The molecule has 3 aliphatic carbocycles. The largest absolute Gasteiger partial charge is 0.429 e. The first-order valence-electron chi connectivity index (χ1n) is 15.4. The topological polar surface area (TPSA) is 0 Å². The van der Waals surface area contributed by atoms with Gasteiger partial charge in [-0.3, -0.25) is 0 Å². The summed E-state index contributed by atoms with van der Waals surface area (Å²) in [5.41, 5.74) is -55.2. The van der Waals surface area contributed by atoms with Crippen LogP contribution in [0.25, 0.3) is 0 Å². The zero-order chi connectivity index (χ0) is 58.5. The second kappa shape index (κ2) is 13.4. The van der Waals surface area contributed by atoms with Crippen molar-refractivity contribution >= 4 is 0 Å². The minimum atomic E-state index is -14.5. The van der Waals surface area contributed by atoms with E-state index in [0.29, 0.717) is 0 Å². The summed E-state index contributed by atoms with van der Waals surface area (Å²) in [5, 5.41) is 0. The van der Waals surface area contributed by atoms with Gasteiger partial charge in [0.2, 0.25) is 0 Å². The van der Waals surface area contributed by atoms with Gasteiger partial charge in [-0.25, -0.2) is 13.2 Å². The van der Waals surface area contributed by atoms with Crippen molar-refractivity contribution in [2.45, 2.75) is 142 Å². The highest BCUT2D eigenvalue weighted by Gasteiger charge is 3.21. The summed E-state index contributed by atoms with van der Waals surface area (Å²) in [5.74, 6) is -232. The second-order valence-corrected chi connectivity index (χ2v) is 14.7. The van der Waals surface area contributed by atoms with E-state index in [1.165, 1.54) is 0 Å². The first kappa shape index (κ1) is 62.1. The summed E-state index contributed by atoms with van der Waals surface area (Å²) in [6, 6.07) is 0. The van der Waals surface area contributed by atoms with E-state index in [0.717, 1.165) is 0 Å². The molecule has 3 fully saturated rings. The van der Waals surface area contributed by atoms with Crippen molar-refractivity contribution in [1.29, 1.82) is 0 Å². The van der Waals surface area contributed by atoms with Crippen molar-refractivity contribution in [2.24, 2.45) is 5.41 Å². The monoisotopic (exact) mass is 1170 g/mol. The average molecular weight is 1170 g/mol. The van der Waals surface area contributed by atoms with E-state index in [1.54, 1.807) is 0 Å². The van der Waals surface area contributed by atoms with Crippen LogP contribution >= 0.6 is 0 Å². The summed E-state index contributed by atoms with van der Waals surface area (Å²) < 4.78 is 698. The van der Waals surface area contributed by atoms with E-state index < -0.39 is 147 Å². The van der Waals surface area contributed by atoms with Gasteiger partial charge in [-0.2, -0.15) is 189 Å². The van der Waals surface area contributed by atoms with E-state index >= 15 is 92.2 Å². The zero-order valence-corrected chi connectivity index (χ0v) is 29.9. The van der Waals surface area contributed by atoms with Gasteiger partial charge >= 0.3 is 125 Å². The van der Waals surface area contributed by atoms with Gasteiger partial charge in [-0.1, -0.05) is 0 Å². The molecule has 0 aromatic heterocycles. The molecule has 0 heterocycles. The lowest BCUT2D eigenvalue weighted by molar-refractivity contribution is -0.573. The Morgan fingerprint density at radius 2 is 0.254 bits per heavy atom. The van der Waals surface area contributed by atoms with Crippen LogP contribution in [0.1, 0.15) is 0 Å². The summed E-state index contributed by atoms with van der Waals surface area (Å²) >= 11 is 0. The summed E-state index contributed by atoms with van der Waals surface area (Å²) in [4.78, 5) is 0. The van der Waals surface area contributed by atoms with Gasteiger partial charge in [0.15, 0.2) is 5.41 Å². The normalized spacial score (nSPS) is 37.8. The molecule has 0 saturated heterocycles. The molecule has 71 heavy (non-hydrogen) atoms. The van der Waals surface area contributed by atoms with Crippen molar-refractivity contribution in [1.82, 2.24) is 0 Å². The van der Waals surface area contributed by atoms with E-state index in [4.69, 9.17) is 0 Å². The molecule has 0 aromatic rings. The number of halogens is 46. The molecular formula is C25F46. The maximum atomic E-state index is 17.5. The van der Waals surface area contributed by atoms with Crippen molar-refractivity contribution in [3.05, 3.63) is 0 Å². The fourth-order valence-electron chi connectivity index (χ4n) is 7.40. The van der Waals surface area contributed by atoms with Crippen molar-refractivity contribution < 1.29 is 202 Å². The van der Waals surface area contributed by atoms with E-state index in [-0.39, 0.29) is 0 Å². The minimum Gasteiger partial charge on any atom is -0.229 e. The van der Waals surface area contributed by atoms with Gasteiger partial charge in [-0.15, -0.1) is 0 Å². The summed E-state index contributed by atoms with van der Waals surface area (Å²) in [7, 11) is 0. The molecule has 0 spiro atoms. The molecule has 0 bridgehead atoms. The molecule has 3 rings (SSSR count). The molecule has 0 aromatic carbocycles. The molecule has 46 heteroatoms. The molecule has 422 valence electrons. The maximum absolute atomic E-state index is 17.5. The fourth-order valence-corrected chi connectivity index (χ4v) is 7.40. The van der Waals surface area contributed by atoms with Crippen LogP contribution in [-0.2, 0) is 0 Å². The number of hydrogen-bond acceptors (Lipinski definition) is 0. The Morgan fingerprint density at radius 1 is 0.141 bits per heavy atom. The van der Waals surface area contributed by atoms with Gasteiger partial charge in [0, 0.05) is 0 Å². The van der Waals surface area contributed by atoms with Crippen LogP contribution in [0.4, 0.5) is 202 Å². The molecule has 0 nitrogen and oxygen atoms in total. The van der Waals surface area contributed by atoms with Crippen LogP contribution in [0.3, 0.4) is 0 Å². The number of alkyl halides is 46. The smallest absolute Gasteiger partial charge is 0.229 e. The third-order valence-electron chi connectivity index (χ3n) is 11.3. The fraction of sp³-hybridized carbons (Fsp3) is 1.00. The SMILES string of the molecule is FC(F)(F)C1(F)C(F)(F)C(F)(F)C(F)(F)C(F)(F)C(F)(F)C(F)(F)C(F)(F)C1(C1(F)C(F)(F)C(F)(F)C(F)(F)C(F)(F)C(F)(F)C(F)(F)C(F)(F)C1(F)F)C1(F)C(F)(F)C(F)(F)C(F)(F)C(F)(F)C1(F)F. The van der Waals surface area contributed by atoms with E-state index in [2.05, 4.69) is 0 Å². The van der Waals surface area contributed by atoms with E-state index in [1.807, 2.05) is 0 Å². The predicted octanol–water partition coefficient (Wildman–Crippen LogP) is 14.4. The Bertz CT molecular complexity index is 2060. The van der Waals surface area contributed by atoms with Crippen LogP contribution in [0.15, 0.2) is 0 Å². The highest BCUT2D eigenvalue weighted by Crippen LogP contribution is 2.89. The lowest BCUT2D eigenvalue weighted by Crippen LogP contribution is -3.00. The molecular weight excluding hydrogens is 1170 g/mol. The van der Waals surface area contributed by atoms with Crippen molar-refractivity contribution in [3.63, 3.8) is 0 Å². The maximum Gasteiger partial charge on any atom is 0.429 e. The average Bonchev–Trinajstić information content (AvgIpc) is 3.14. The zero-order valence-electron chi connectivity index (χ0n) is 29.9. The molecule has 0 aliphatic heterocycles. The molecule has 0 radical (unpaired) electrons. The van der Waals surface area contributed by atoms with Gasteiger partial charge < -0.3 is 0 Å². The van der Waals surface area contributed by atoms with Gasteiger partial charge in [0.05, 0.1) is 0 Å². The third kappa shape index (κ3) is 4.87. The first-order valence-corrected chi connectivity index (χ1v) is 15.4. The van der Waals surface area contributed by atoms with Crippen molar-refractivity contribution in [2.75, 3.05) is 0 Å². The van der Waals surface area contributed by atoms with Crippen LogP contribution in [0.2, 0.25) is 0 Å². The van der Waals surface area contributed by atoms with Gasteiger partial charge in [-0.05, 0) is 0 Å². The Hall–Kier alpha value is -3.22. The molecule has 3 aliphatic rings. The van der Waals surface area contributed by atoms with Crippen molar-refractivity contribution in [3.8, 4) is 0 Å². The predicted molar refractivity (Wildman–Crippen MR) is 119 cm³/mol. The molecule has 2 atom stereocenters. The minimum absolute atomic E-state index is 10.2. The van der Waals surface area contributed by atoms with Crippen LogP contribution < -0.4 is 0 Å². The second-order valence-electron chi connectivity index (χ2n) is 14.7. The molecule has 0 N–H and O–H groups in total. The molecule has 2 unspecified atom stereocenters. The summed E-state index contributed by atoms with van der Waals surface area (Å²) in [6.07, 6.45) is -11.9. The highest BCUT2D eigenvalue weighted by molar-refractivity contribution is 5.48.